The lowest BCUT2D eigenvalue weighted by Gasteiger charge is -2.14. The molecule has 0 amide bonds. The van der Waals surface area contributed by atoms with Gasteiger partial charge in [-0.3, -0.25) is 0 Å². The topological polar surface area (TPSA) is 24.9 Å². The van der Waals surface area contributed by atoms with Gasteiger partial charge in [-0.1, -0.05) is 28.1 Å². The van der Waals surface area contributed by atoms with Gasteiger partial charge in [0.25, 0.3) is 0 Å². The third kappa shape index (κ3) is 3.64. The molecule has 1 N–H and O–H groups in total. The molecule has 1 aromatic carbocycles. The fourth-order valence-electron chi connectivity index (χ4n) is 1.84. The van der Waals surface area contributed by atoms with Gasteiger partial charge in [0, 0.05) is 21.9 Å². The normalized spacial score (nSPS) is 12.6. The van der Waals surface area contributed by atoms with Gasteiger partial charge < -0.3 is 5.32 Å². The molecule has 1 atom stereocenters. The molecule has 2 aromatic rings. The monoisotopic (exact) mass is 324 g/mol. The largest absolute Gasteiger partial charge is 0.310 e. The van der Waals surface area contributed by atoms with E-state index in [1.165, 1.54) is 10.4 Å². The zero-order valence-corrected chi connectivity index (χ0v) is 13.0. The van der Waals surface area contributed by atoms with Crippen molar-refractivity contribution in [3.05, 3.63) is 50.4 Å². The summed E-state index contributed by atoms with van der Waals surface area (Å²) in [6, 6.07) is 8.85. The highest BCUT2D eigenvalue weighted by Gasteiger charge is 2.05. The van der Waals surface area contributed by atoms with Crippen LogP contribution in [-0.4, -0.2) is 11.5 Å². The van der Waals surface area contributed by atoms with E-state index >= 15 is 0 Å². The van der Waals surface area contributed by atoms with E-state index in [9.17, 15) is 0 Å². The summed E-state index contributed by atoms with van der Waals surface area (Å²) >= 11 is 5.20. The van der Waals surface area contributed by atoms with Crippen LogP contribution in [0, 0.1) is 6.92 Å². The Balaban J connectivity index is 1.83. The van der Waals surface area contributed by atoms with Crippen molar-refractivity contribution < 1.29 is 0 Å². The van der Waals surface area contributed by atoms with Crippen LogP contribution in [0.4, 0.5) is 0 Å². The van der Waals surface area contributed by atoms with Crippen molar-refractivity contribution in [2.24, 2.45) is 0 Å². The number of hydrogen-bond donors (Lipinski definition) is 1. The van der Waals surface area contributed by atoms with E-state index in [1.54, 1.807) is 11.3 Å². The number of halogens is 1. The number of aromatic nitrogens is 1. The molecular weight excluding hydrogens is 308 g/mol. The first-order valence-electron chi connectivity index (χ1n) is 6.04. The summed E-state index contributed by atoms with van der Waals surface area (Å²) in [4.78, 5) is 5.65. The maximum atomic E-state index is 4.27. The highest BCUT2D eigenvalue weighted by molar-refractivity contribution is 9.10. The molecule has 2 nitrogen and oxygen atoms in total. The molecule has 18 heavy (non-hydrogen) atoms. The minimum Gasteiger partial charge on any atom is -0.310 e. The molecule has 0 aliphatic heterocycles. The number of nitrogens with one attached hydrogen (secondary N) is 1. The molecule has 0 saturated heterocycles. The number of hydrogen-bond acceptors (Lipinski definition) is 3. The summed E-state index contributed by atoms with van der Waals surface area (Å²) in [5.74, 6) is 0. The Labute approximate surface area is 121 Å². The molecule has 1 heterocycles. The van der Waals surface area contributed by atoms with Crippen molar-refractivity contribution in [2.45, 2.75) is 26.3 Å². The molecule has 0 spiro atoms. The summed E-state index contributed by atoms with van der Waals surface area (Å²) < 4.78 is 1.12. The number of aryl methyl sites for hydroxylation is 1. The smallest absolute Gasteiger partial charge is 0.0797 e. The van der Waals surface area contributed by atoms with Gasteiger partial charge in [-0.05, 0) is 38.0 Å². The molecule has 4 heteroatoms. The summed E-state index contributed by atoms with van der Waals surface area (Å²) in [5, 5.41) is 3.55. The van der Waals surface area contributed by atoms with E-state index < -0.39 is 0 Å². The zero-order valence-electron chi connectivity index (χ0n) is 10.6. The summed E-state index contributed by atoms with van der Waals surface area (Å²) in [6.07, 6.45) is 1.05. The minimum atomic E-state index is 0.381. The Morgan fingerprint density at radius 1 is 1.33 bits per heavy atom. The number of thiazole rings is 1. The number of benzene rings is 1. The quantitative estimate of drug-likeness (QED) is 0.895. The Bertz CT molecular complexity index is 493. The van der Waals surface area contributed by atoms with Crippen LogP contribution in [0.3, 0.4) is 0 Å². The van der Waals surface area contributed by atoms with E-state index in [-0.39, 0.29) is 0 Å². The first-order chi connectivity index (χ1) is 8.66. The molecule has 0 radical (unpaired) electrons. The molecule has 0 fully saturated rings. The van der Waals surface area contributed by atoms with Gasteiger partial charge in [-0.25, -0.2) is 4.98 Å². The van der Waals surface area contributed by atoms with Crippen LogP contribution >= 0.6 is 27.3 Å². The Morgan fingerprint density at radius 2 is 2.06 bits per heavy atom. The molecule has 0 aliphatic rings. The number of nitrogens with zero attached hydrogens (tertiary/aromatic N) is 1. The van der Waals surface area contributed by atoms with Gasteiger partial charge in [0.15, 0.2) is 0 Å². The molecule has 0 unspecified atom stereocenters. The van der Waals surface area contributed by atoms with Crippen LogP contribution < -0.4 is 5.32 Å². The predicted molar refractivity (Wildman–Crippen MR) is 81.1 cm³/mol. The SMILES string of the molecule is Cc1ncsc1CCN[C@H](C)c1ccc(Br)cc1. The molecular formula is C14H17BrN2S. The maximum absolute atomic E-state index is 4.27. The van der Waals surface area contributed by atoms with Crippen molar-refractivity contribution in [2.75, 3.05) is 6.54 Å². The Morgan fingerprint density at radius 3 is 2.67 bits per heavy atom. The van der Waals surface area contributed by atoms with E-state index in [0.717, 1.165) is 23.1 Å². The lowest BCUT2D eigenvalue weighted by atomic mass is 10.1. The van der Waals surface area contributed by atoms with Crippen molar-refractivity contribution >= 4 is 27.3 Å². The number of rotatable bonds is 5. The fourth-order valence-corrected chi connectivity index (χ4v) is 2.88. The molecule has 0 aliphatic carbocycles. The first-order valence-corrected chi connectivity index (χ1v) is 7.72. The molecule has 0 saturated carbocycles. The third-order valence-corrected chi connectivity index (χ3v) is 4.54. The first kappa shape index (κ1) is 13.7. The molecule has 2 rings (SSSR count). The van der Waals surface area contributed by atoms with Gasteiger partial charge in [0.05, 0.1) is 11.2 Å². The van der Waals surface area contributed by atoms with Crippen molar-refractivity contribution in [1.82, 2.24) is 10.3 Å². The van der Waals surface area contributed by atoms with Crippen molar-refractivity contribution in [3.8, 4) is 0 Å². The van der Waals surface area contributed by atoms with E-state index in [2.05, 4.69) is 64.3 Å². The van der Waals surface area contributed by atoms with Crippen LogP contribution in [0.5, 0.6) is 0 Å². The van der Waals surface area contributed by atoms with Gasteiger partial charge in [-0.2, -0.15) is 0 Å². The molecule has 0 bridgehead atoms. The van der Waals surface area contributed by atoms with Crippen LogP contribution in [-0.2, 0) is 6.42 Å². The second-order valence-corrected chi connectivity index (χ2v) is 6.19. The minimum absolute atomic E-state index is 0.381. The zero-order chi connectivity index (χ0) is 13.0. The molecule has 1 aromatic heterocycles. The second-order valence-electron chi connectivity index (χ2n) is 4.34. The van der Waals surface area contributed by atoms with Crippen molar-refractivity contribution in [1.29, 1.82) is 0 Å². The second kappa shape index (κ2) is 6.45. The van der Waals surface area contributed by atoms with Gasteiger partial charge in [0.2, 0.25) is 0 Å². The summed E-state index contributed by atoms with van der Waals surface area (Å²) in [7, 11) is 0. The van der Waals surface area contributed by atoms with E-state index in [1.807, 2.05) is 5.51 Å². The van der Waals surface area contributed by atoms with E-state index in [0.29, 0.717) is 6.04 Å². The third-order valence-electron chi connectivity index (χ3n) is 3.02. The van der Waals surface area contributed by atoms with Gasteiger partial charge >= 0.3 is 0 Å². The van der Waals surface area contributed by atoms with Gasteiger partial charge in [0.1, 0.15) is 0 Å². The highest BCUT2D eigenvalue weighted by atomic mass is 79.9. The van der Waals surface area contributed by atoms with Gasteiger partial charge in [-0.15, -0.1) is 11.3 Å². The Hall–Kier alpha value is -0.710. The average Bonchev–Trinajstić information content (AvgIpc) is 2.76. The van der Waals surface area contributed by atoms with Crippen LogP contribution in [0.1, 0.15) is 29.1 Å². The van der Waals surface area contributed by atoms with E-state index in [4.69, 9.17) is 0 Å². The van der Waals surface area contributed by atoms with Crippen molar-refractivity contribution in [3.63, 3.8) is 0 Å². The standard InChI is InChI=1S/C14H17BrN2S/c1-10(12-3-5-13(15)6-4-12)16-8-7-14-11(2)17-9-18-14/h3-6,9-10,16H,7-8H2,1-2H3/t10-/m1/s1. The predicted octanol–water partition coefficient (Wildman–Crippen LogP) is 4.11. The molecule has 96 valence electrons. The maximum Gasteiger partial charge on any atom is 0.0797 e. The van der Waals surface area contributed by atoms with Crippen LogP contribution in [0.2, 0.25) is 0 Å². The lowest BCUT2D eigenvalue weighted by molar-refractivity contribution is 0.578. The highest BCUT2D eigenvalue weighted by Crippen LogP contribution is 2.17. The average molecular weight is 325 g/mol. The van der Waals surface area contributed by atoms with Crippen LogP contribution in [0.25, 0.3) is 0 Å². The summed E-state index contributed by atoms with van der Waals surface area (Å²) in [5.41, 5.74) is 4.40. The Kier molecular flexibility index (Phi) is 4.92. The van der Waals surface area contributed by atoms with Crippen LogP contribution in [0.15, 0.2) is 34.2 Å². The fraction of sp³-hybridized carbons (Fsp3) is 0.357. The lowest BCUT2D eigenvalue weighted by Crippen LogP contribution is -2.21. The summed E-state index contributed by atoms with van der Waals surface area (Å²) in [6.45, 7) is 5.26.